The monoisotopic (exact) mass is 310 g/mol. The summed E-state index contributed by atoms with van der Waals surface area (Å²) in [7, 11) is 0. The topological polar surface area (TPSA) is 57.2 Å². The Morgan fingerprint density at radius 3 is 2.59 bits per heavy atom. The van der Waals surface area contributed by atoms with Crippen molar-refractivity contribution in [1.29, 1.82) is 0 Å². The van der Waals surface area contributed by atoms with Crippen molar-refractivity contribution in [3.8, 4) is 5.75 Å². The van der Waals surface area contributed by atoms with E-state index in [4.69, 9.17) is 18.9 Å². The first-order valence-electron chi connectivity index (χ1n) is 7.97. The van der Waals surface area contributed by atoms with Crippen molar-refractivity contribution in [3.05, 3.63) is 29.3 Å². The van der Waals surface area contributed by atoms with Crippen LogP contribution in [0.5, 0.6) is 5.75 Å². The molecule has 1 aliphatic heterocycles. The van der Waals surface area contributed by atoms with Crippen LogP contribution in [0.3, 0.4) is 0 Å². The molecule has 0 radical (unpaired) electrons. The van der Waals surface area contributed by atoms with Gasteiger partial charge in [0.2, 0.25) is 0 Å². The highest BCUT2D eigenvalue weighted by atomic mass is 16.9. The van der Waals surface area contributed by atoms with Crippen molar-refractivity contribution >= 4 is 0 Å². The minimum atomic E-state index is -1.18. The number of unbranched alkanes of at least 4 members (excludes halogenated alkanes) is 2. The molecule has 1 aromatic rings. The Morgan fingerprint density at radius 1 is 1.14 bits per heavy atom. The fourth-order valence-corrected chi connectivity index (χ4v) is 2.36. The number of ether oxygens (including phenoxy) is 4. The Hall–Kier alpha value is -1.14. The van der Waals surface area contributed by atoms with Gasteiger partial charge >= 0.3 is 5.97 Å². The van der Waals surface area contributed by atoms with Crippen LogP contribution in [-0.4, -0.2) is 38.1 Å². The van der Waals surface area contributed by atoms with E-state index in [0.29, 0.717) is 26.4 Å². The lowest BCUT2D eigenvalue weighted by molar-refractivity contribution is -0.345. The average molecular weight is 310 g/mol. The Morgan fingerprint density at radius 2 is 1.91 bits per heavy atom. The predicted octanol–water partition coefficient (Wildman–Crippen LogP) is 3.08. The number of aromatic hydroxyl groups is 1. The molecule has 1 aromatic carbocycles. The third-order valence-electron chi connectivity index (χ3n) is 3.63. The molecule has 0 unspecified atom stereocenters. The second-order valence-corrected chi connectivity index (χ2v) is 5.42. The number of benzene rings is 1. The Balaban J connectivity index is 1.87. The molecule has 22 heavy (non-hydrogen) atoms. The third kappa shape index (κ3) is 4.43. The van der Waals surface area contributed by atoms with Gasteiger partial charge in [-0.25, -0.2) is 0 Å². The molecule has 5 nitrogen and oxygen atoms in total. The van der Waals surface area contributed by atoms with Gasteiger partial charge in [0.25, 0.3) is 0 Å². The molecule has 5 heteroatoms. The molecule has 1 aliphatic rings. The molecule has 0 spiro atoms. The van der Waals surface area contributed by atoms with Gasteiger partial charge in [0, 0.05) is 12.2 Å². The van der Waals surface area contributed by atoms with E-state index in [0.717, 1.165) is 24.2 Å². The minimum Gasteiger partial charge on any atom is -0.508 e. The van der Waals surface area contributed by atoms with Crippen molar-refractivity contribution in [2.24, 2.45) is 0 Å². The van der Waals surface area contributed by atoms with Crippen molar-refractivity contribution in [1.82, 2.24) is 0 Å². The van der Waals surface area contributed by atoms with Crippen LogP contribution in [0.25, 0.3) is 0 Å². The van der Waals surface area contributed by atoms with Gasteiger partial charge in [0.05, 0.1) is 26.4 Å². The molecule has 0 aromatic heterocycles. The number of rotatable bonds is 9. The fourth-order valence-electron chi connectivity index (χ4n) is 2.36. The molecule has 0 amide bonds. The molecular weight excluding hydrogens is 284 g/mol. The zero-order chi connectivity index (χ0) is 15.8. The molecule has 1 N–H and O–H groups in total. The molecule has 124 valence electrons. The Bertz CT molecular complexity index is 454. The SMILES string of the molecule is CCCCCOCCOC1(c2ccc(O)c(C)c2)OCCO1. The Labute approximate surface area is 132 Å². The molecule has 0 atom stereocenters. The summed E-state index contributed by atoms with van der Waals surface area (Å²) in [6.07, 6.45) is 3.44. The summed E-state index contributed by atoms with van der Waals surface area (Å²) < 4.78 is 22.7. The smallest absolute Gasteiger partial charge is 0.312 e. The van der Waals surface area contributed by atoms with Crippen molar-refractivity contribution in [3.63, 3.8) is 0 Å². The third-order valence-corrected chi connectivity index (χ3v) is 3.63. The molecular formula is C17H26O5. The van der Waals surface area contributed by atoms with Crippen LogP contribution < -0.4 is 0 Å². The van der Waals surface area contributed by atoms with Gasteiger partial charge in [-0.3, -0.25) is 0 Å². The van der Waals surface area contributed by atoms with E-state index in [1.54, 1.807) is 12.1 Å². The molecule has 0 aliphatic carbocycles. The first-order chi connectivity index (χ1) is 10.7. The van der Waals surface area contributed by atoms with Crippen molar-refractivity contribution < 1.29 is 24.1 Å². The van der Waals surface area contributed by atoms with E-state index in [1.165, 1.54) is 12.8 Å². The van der Waals surface area contributed by atoms with Gasteiger partial charge in [0.1, 0.15) is 5.75 Å². The van der Waals surface area contributed by atoms with Gasteiger partial charge in [-0.15, -0.1) is 0 Å². The molecule has 1 heterocycles. The quantitative estimate of drug-likeness (QED) is 0.710. The number of hydrogen-bond acceptors (Lipinski definition) is 5. The zero-order valence-corrected chi connectivity index (χ0v) is 13.5. The van der Waals surface area contributed by atoms with Crippen LogP contribution in [0, 0.1) is 6.92 Å². The first kappa shape index (κ1) is 17.2. The predicted molar refractivity (Wildman–Crippen MR) is 82.7 cm³/mol. The minimum absolute atomic E-state index is 0.246. The molecule has 1 fully saturated rings. The Kier molecular flexibility index (Phi) is 6.64. The second-order valence-electron chi connectivity index (χ2n) is 5.42. The number of phenolic OH excluding ortho intramolecular Hbond substituents is 1. The molecule has 1 saturated heterocycles. The first-order valence-corrected chi connectivity index (χ1v) is 7.97. The van der Waals surface area contributed by atoms with E-state index in [1.807, 2.05) is 13.0 Å². The summed E-state index contributed by atoms with van der Waals surface area (Å²) >= 11 is 0. The summed E-state index contributed by atoms with van der Waals surface area (Å²) in [5.74, 6) is -0.929. The van der Waals surface area contributed by atoms with E-state index in [-0.39, 0.29) is 5.75 Å². The average Bonchev–Trinajstić information content (AvgIpc) is 2.99. The lowest BCUT2D eigenvalue weighted by atomic mass is 10.1. The van der Waals surface area contributed by atoms with Crippen molar-refractivity contribution in [2.75, 3.05) is 33.0 Å². The standard InChI is InChI=1S/C17H26O5/c1-3-4-5-8-19-9-10-20-17(21-11-12-22-17)15-6-7-16(18)14(2)13-15/h6-7,13,18H,3-5,8-12H2,1-2H3. The maximum atomic E-state index is 9.64. The summed E-state index contributed by atoms with van der Waals surface area (Å²) in [4.78, 5) is 0. The number of hydrogen-bond donors (Lipinski definition) is 1. The van der Waals surface area contributed by atoms with Gasteiger partial charge in [-0.05, 0) is 37.1 Å². The van der Waals surface area contributed by atoms with Gasteiger partial charge in [-0.1, -0.05) is 19.8 Å². The van der Waals surface area contributed by atoms with Gasteiger partial charge in [0.15, 0.2) is 0 Å². The van der Waals surface area contributed by atoms with E-state index < -0.39 is 5.97 Å². The fraction of sp³-hybridized carbons (Fsp3) is 0.647. The van der Waals surface area contributed by atoms with Crippen LogP contribution in [0.15, 0.2) is 18.2 Å². The molecule has 2 rings (SSSR count). The summed E-state index contributed by atoms with van der Waals surface area (Å²) in [5.41, 5.74) is 1.52. The van der Waals surface area contributed by atoms with Gasteiger partial charge < -0.3 is 24.1 Å². The van der Waals surface area contributed by atoms with Gasteiger partial charge in [-0.2, -0.15) is 0 Å². The summed E-state index contributed by atoms with van der Waals surface area (Å²) in [5, 5.41) is 9.64. The molecule has 0 bridgehead atoms. The lowest BCUT2D eigenvalue weighted by Gasteiger charge is -2.27. The maximum absolute atomic E-state index is 9.64. The van der Waals surface area contributed by atoms with Crippen LogP contribution >= 0.6 is 0 Å². The highest BCUT2D eigenvalue weighted by Gasteiger charge is 2.40. The summed E-state index contributed by atoms with van der Waals surface area (Å²) in [6, 6.07) is 5.21. The largest absolute Gasteiger partial charge is 0.508 e. The lowest BCUT2D eigenvalue weighted by Crippen LogP contribution is -2.32. The van der Waals surface area contributed by atoms with Crippen LogP contribution in [0.2, 0.25) is 0 Å². The van der Waals surface area contributed by atoms with E-state index in [9.17, 15) is 5.11 Å². The van der Waals surface area contributed by atoms with Crippen LogP contribution in [-0.2, 0) is 24.9 Å². The van der Waals surface area contributed by atoms with E-state index in [2.05, 4.69) is 6.92 Å². The maximum Gasteiger partial charge on any atom is 0.312 e. The number of aryl methyl sites for hydroxylation is 1. The second kappa shape index (κ2) is 8.48. The zero-order valence-electron chi connectivity index (χ0n) is 13.5. The van der Waals surface area contributed by atoms with Crippen LogP contribution in [0.4, 0.5) is 0 Å². The van der Waals surface area contributed by atoms with Crippen molar-refractivity contribution in [2.45, 2.75) is 39.1 Å². The summed E-state index contributed by atoms with van der Waals surface area (Å²) in [6.45, 7) is 6.62. The van der Waals surface area contributed by atoms with E-state index >= 15 is 0 Å². The highest BCUT2D eigenvalue weighted by molar-refractivity contribution is 5.36. The van der Waals surface area contributed by atoms with Crippen LogP contribution in [0.1, 0.15) is 37.3 Å². The highest BCUT2D eigenvalue weighted by Crippen LogP contribution is 2.34. The normalized spacial score (nSPS) is 17.0. The molecule has 0 saturated carbocycles. The number of phenols is 1.